The van der Waals surface area contributed by atoms with Gasteiger partial charge in [0, 0.05) is 6.92 Å². The van der Waals surface area contributed by atoms with E-state index in [1.807, 2.05) is 11.5 Å². The smallest absolute Gasteiger partial charge is 0.302 e. The van der Waals surface area contributed by atoms with Crippen LogP contribution in [0.1, 0.15) is 34.1 Å². The SMILES string of the molecule is CC(=O)OC/C=C/SCCC(C)(C)C. The minimum absolute atomic E-state index is 0.227. The average molecular weight is 216 g/mol. The zero-order valence-corrected chi connectivity index (χ0v) is 10.3. The van der Waals surface area contributed by atoms with Gasteiger partial charge in [0.05, 0.1) is 0 Å². The summed E-state index contributed by atoms with van der Waals surface area (Å²) in [6, 6.07) is 0. The van der Waals surface area contributed by atoms with Crippen molar-refractivity contribution < 1.29 is 9.53 Å². The Morgan fingerprint density at radius 2 is 2.07 bits per heavy atom. The van der Waals surface area contributed by atoms with Crippen molar-refractivity contribution in [1.29, 1.82) is 0 Å². The molecule has 0 aliphatic rings. The van der Waals surface area contributed by atoms with Crippen molar-refractivity contribution in [1.82, 2.24) is 0 Å². The van der Waals surface area contributed by atoms with Crippen molar-refractivity contribution in [2.24, 2.45) is 5.41 Å². The van der Waals surface area contributed by atoms with Crippen LogP contribution in [0.2, 0.25) is 0 Å². The molecule has 0 aromatic rings. The lowest BCUT2D eigenvalue weighted by Crippen LogP contribution is -2.05. The second kappa shape index (κ2) is 6.93. The van der Waals surface area contributed by atoms with Gasteiger partial charge in [-0.15, -0.1) is 11.8 Å². The van der Waals surface area contributed by atoms with Crippen molar-refractivity contribution in [3.05, 3.63) is 11.5 Å². The molecule has 0 aliphatic heterocycles. The highest BCUT2D eigenvalue weighted by Gasteiger charge is 2.08. The van der Waals surface area contributed by atoms with Crippen LogP contribution in [0.3, 0.4) is 0 Å². The first-order chi connectivity index (χ1) is 6.42. The van der Waals surface area contributed by atoms with E-state index in [9.17, 15) is 4.79 Å². The van der Waals surface area contributed by atoms with Crippen LogP contribution < -0.4 is 0 Å². The summed E-state index contributed by atoms with van der Waals surface area (Å²) in [5.74, 6) is 0.884. The first-order valence-electron chi connectivity index (χ1n) is 4.82. The summed E-state index contributed by atoms with van der Waals surface area (Å²) in [7, 11) is 0. The number of carbonyl (C=O) groups excluding carboxylic acids is 1. The average Bonchev–Trinajstić information content (AvgIpc) is 2.00. The van der Waals surface area contributed by atoms with Crippen molar-refractivity contribution >= 4 is 17.7 Å². The Labute approximate surface area is 91.1 Å². The van der Waals surface area contributed by atoms with Crippen LogP contribution in [0.5, 0.6) is 0 Å². The number of esters is 1. The molecule has 0 amide bonds. The molecule has 0 bridgehead atoms. The van der Waals surface area contributed by atoms with Gasteiger partial charge in [-0.05, 0) is 29.1 Å². The lowest BCUT2D eigenvalue weighted by molar-refractivity contribution is -0.139. The minimum Gasteiger partial charge on any atom is -0.462 e. The van der Waals surface area contributed by atoms with E-state index < -0.39 is 0 Å². The fourth-order valence-corrected chi connectivity index (χ4v) is 1.79. The zero-order chi connectivity index (χ0) is 11.0. The molecule has 0 heterocycles. The van der Waals surface area contributed by atoms with Gasteiger partial charge < -0.3 is 4.74 Å². The first kappa shape index (κ1) is 13.6. The van der Waals surface area contributed by atoms with Crippen LogP contribution >= 0.6 is 11.8 Å². The Balaban J connectivity index is 3.32. The van der Waals surface area contributed by atoms with Gasteiger partial charge in [0.15, 0.2) is 0 Å². The third-order valence-corrected chi connectivity index (χ3v) is 2.37. The van der Waals surface area contributed by atoms with E-state index in [2.05, 4.69) is 20.8 Å². The van der Waals surface area contributed by atoms with Gasteiger partial charge in [-0.1, -0.05) is 20.8 Å². The largest absolute Gasteiger partial charge is 0.462 e. The molecule has 3 heteroatoms. The van der Waals surface area contributed by atoms with Gasteiger partial charge in [-0.3, -0.25) is 4.79 Å². The number of carbonyl (C=O) groups is 1. The monoisotopic (exact) mass is 216 g/mol. The van der Waals surface area contributed by atoms with Crippen molar-refractivity contribution in [2.75, 3.05) is 12.4 Å². The van der Waals surface area contributed by atoms with Crippen LogP contribution in [-0.2, 0) is 9.53 Å². The van der Waals surface area contributed by atoms with E-state index in [0.29, 0.717) is 12.0 Å². The highest BCUT2D eigenvalue weighted by Crippen LogP contribution is 2.21. The molecule has 0 N–H and O–H groups in total. The van der Waals surface area contributed by atoms with Gasteiger partial charge >= 0.3 is 5.97 Å². The number of ether oxygens (including phenoxy) is 1. The number of thioether (sulfide) groups is 1. The van der Waals surface area contributed by atoms with E-state index in [1.165, 1.54) is 13.3 Å². The molecule has 0 saturated carbocycles. The number of hydrogen-bond acceptors (Lipinski definition) is 3. The third kappa shape index (κ3) is 11.6. The molecule has 82 valence electrons. The predicted octanol–water partition coefficient (Wildman–Crippen LogP) is 3.23. The fraction of sp³-hybridized carbons (Fsp3) is 0.727. The maximum atomic E-state index is 10.4. The van der Waals surface area contributed by atoms with Crippen LogP contribution in [-0.4, -0.2) is 18.3 Å². The van der Waals surface area contributed by atoms with Crippen molar-refractivity contribution in [2.45, 2.75) is 34.1 Å². The van der Waals surface area contributed by atoms with E-state index in [4.69, 9.17) is 4.74 Å². The molecule has 0 radical (unpaired) electrons. The van der Waals surface area contributed by atoms with Gasteiger partial charge in [0.25, 0.3) is 0 Å². The molecule has 0 atom stereocenters. The van der Waals surface area contributed by atoms with Crippen LogP contribution in [0.4, 0.5) is 0 Å². The number of rotatable bonds is 5. The molecule has 14 heavy (non-hydrogen) atoms. The Morgan fingerprint density at radius 1 is 1.43 bits per heavy atom. The summed E-state index contributed by atoms with van der Waals surface area (Å²) in [5, 5.41) is 1.99. The zero-order valence-electron chi connectivity index (χ0n) is 9.50. The molecule has 0 aliphatic carbocycles. The Morgan fingerprint density at radius 3 is 2.57 bits per heavy atom. The maximum Gasteiger partial charge on any atom is 0.302 e. The Bertz CT molecular complexity index is 192. The summed E-state index contributed by atoms with van der Waals surface area (Å²) in [4.78, 5) is 10.4. The van der Waals surface area contributed by atoms with Crippen molar-refractivity contribution in [3.63, 3.8) is 0 Å². The Kier molecular flexibility index (Phi) is 6.71. The molecule has 0 unspecified atom stereocenters. The lowest BCUT2D eigenvalue weighted by Gasteiger charge is -2.16. The summed E-state index contributed by atoms with van der Waals surface area (Å²) >= 11 is 1.76. The fourth-order valence-electron chi connectivity index (χ4n) is 0.706. The van der Waals surface area contributed by atoms with Gasteiger partial charge in [0.2, 0.25) is 0 Å². The number of hydrogen-bond donors (Lipinski definition) is 0. The highest BCUT2D eigenvalue weighted by molar-refractivity contribution is 8.02. The lowest BCUT2D eigenvalue weighted by atomic mass is 9.94. The molecule has 2 nitrogen and oxygen atoms in total. The third-order valence-electron chi connectivity index (χ3n) is 1.55. The van der Waals surface area contributed by atoms with Gasteiger partial charge in [0.1, 0.15) is 6.61 Å². The summed E-state index contributed by atoms with van der Waals surface area (Å²) in [6.07, 6.45) is 3.06. The molecule has 0 fully saturated rings. The topological polar surface area (TPSA) is 26.3 Å². The summed E-state index contributed by atoms with van der Waals surface area (Å²) in [5.41, 5.74) is 0.400. The van der Waals surface area contributed by atoms with E-state index in [-0.39, 0.29) is 5.97 Å². The van der Waals surface area contributed by atoms with E-state index in [0.717, 1.165) is 5.75 Å². The molecule has 0 saturated heterocycles. The molecule has 0 aromatic carbocycles. The van der Waals surface area contributed by atoms with Gasteiger partial charge in [-0.2, -0.15) is 0 Å². The second-order valence-electron chi connectivity index (χ2n) is 4.36. The van der Waals surface area contributed by atoms with E-state index in [1.54, 1.807) is 11.8 Å². The second-order valence-corrected chi connectivity index (χ2v) is 5.37. The molecule has 0 rings (SSSR count). The quantitative estimate of drug-likeness (QED) is 0.521. The minimum atomic E-state index is -0.227. The van der Waals surface area contributed by atoms with Gasteiger partial charge in [-0.25, -0.2) is 0 Å². The summed E-state index contributed by atoms with van der Waals surface area (Å²) in [6.45, 7) is 8.50. The van der Waals surface area contributed by atoms with Crippen LogP contribution in [0.25, 0.3) is 0 Å². The van der Waals surface area contributed by atoms with Crippen molar-refractivity contribution in [3.8, 4) is 0 Å². The van der Waals surface area contributed by atoms with Crippen LogP contribution in [0, 0.1) is 5.41 Å². The molecular formula is C11H20O2S. The molecular weight excluding hydrogens is 196 g/mol. The van der Waals surface area contributed by atoms with E-state index >= 15 is 0 Å². The maximum absolute atomic E-state index is 10.4. The van der Waals surface area contributed by atoms with Crippen LogP contribution in [0.15, 0.2) is 11.5 Å². The first-order valence-corrected chi connectivity index (χ1v) is 5.87. The highest BCUT2D eigenvalue weighted by atomic mass is 32.2. The molecule has 0 spiro atoms. The standard InChI is InChI=1S/C11H20O2S/c1-10(12)13-7-5-8-14-9-6-11(2,3)4/h5,8H,6-7,9H2,1-4H3/b8-5+. The summed E-state index contributed by atoms with van der Waals surface area (Å²) < 4.78 is 4.75. The predicted molar refractivity (Wildman–Crippen MR) is 62.3 cm³/mol. The normalized spacial score (nSPS) is 12.0. The molecule has 0 aromatic heterocycles. The Hall–Kier alpha value is -0.440.